The minimum Gasteiger partial charge on any atom is -0.446 e. The molecule has 3 aromatic heterocycles. The number of anilines is 1. The van der Waals surface area contributed by atoms with Gasteiger partial charge in [-0.2, -0.15) is 0 Å². The number of nitrogens with one attached hydrogen (secondary N) is 2. The van der Waals surface area contributed by atoms with Crippen molar-refractivity contribution < 1.29 is 9.53 Å². The van der Waals surface area contributed by atoms with Gasteiger partial charge in [0, 0.05) is 30.5 Å². The van der Waals surface area contributed by atoms with Gasteiger partial charge in [0.2, 0.25) is 0 Å². The quantitative estimate of drug-likeness (QED) is 0.706. The largest absolute Gasteiger partial charge is 0.446 e. The summed E-state index contributed by atoms with van der Waals surface area (Å²) in [5.41, 5.74) is 2.76. The molecule has 1 fully saturated rings. The van der Waals surface area contributed by atoms with Crippen LogP contribution in [-0.2, 0) is 4.74 Å². The topological polar surface area (TPSA) is 93.4 Å². The fourth-order valence-corrected chi connectivity index (χ4v) is 3.54. The van der Waals surface area contributed by atoms with Gasteiger partial charge in [0.05, 0.1) is 11.9 Å². The highest BCUT2D eigenvalue weighted by Gasteiger charge is 2.24. The van der Waals surface area contributed by atoms with Crippen LogP contribution in [0.25, 0.3) is 16.9 Å². The molecule has 0 saturated heterocycles. The van der Waals surface area contributed by atoms with E-state index in [1.54, 1.807) is 12.4 Å². The third-order valence-corrected chi connectivity index (χ3v) is 4.96. The number of aromatic nitrogens is 4. The molecule has 1 saturated carbocycles. The molecule has 0 unspecified atom stereocenters. The Morgan fingerprint density at radius 3 is 2.71 bits per heavy atom. The van der Waals surface area contributed by atoms with Gasteiger partial charge in [0.1, 0.15) is 11.9 Å². The van der Waals surface area contributed by atoms with Crippen molar-refractivity contribution in [3.8, 4) is 11.3 Å². The summed E-state index contributed by atoms with van der Waals surface area (Å²) >= 11 is 0. The van der Waals surface area contributed by atoms with Crippen molar-refractivity contribution in [1.29, 1.82) is 0 Å². The molecule has 0 bridgehead atoms. The predicted molar refractivity (Wildman–Crippen MR) is 106 cm³/mol. The molecule has 146 valence electrons. The molecule has 0 spiro atoms. The number of rotatable bonds is 5. The van der Waals surface area contributed by atoms with E-state index in [4.69, 9.17) is 9.84 Å². The van der Waals surface area contributed by atoms with E-state index < -0.39 is 0 Å². The second-order valence-corrected chi connectivity index (χ2v) is 6.92. The van der Waals surface area contributed by atoms with Crippen molar-refractivity contribution in [3.63, 3.8) is 0 Å². The number of carbonyl (C=O) groups excluding carboxylic acids is 1. The van der Waals surface area contributed by atoms with Gasteiger partial charge >= 0.3 is 6.09 Å². The van der Waals surface area contributed by atoms with Gasteiger partial charge in [-0.25, -0.2) is 14.3 Å². The number of amides is 1. The molecule has 1 aliphatic carbocycles. The molecule has 4 rings (SSSR count). The maximum absolute atomic E-state index is 11.6. The fraction of sp³-hybridized carbons (Fsp3) is 0.400. The Bertz CT molecular complexity index is 934. The summed E-state index contributed by atoms with van der Waals surface area (Å²) in [4.78, 5) is 20.1. The molecule has 8 nitrogen and oxygen atoms in total. The van der Waals surface area contributed by atoms with E-state index in [2.05, 4.69) is 20.6 Å². The van der Waals surface area contributed by atoms with E-state index in [1.165, 1.54) is 0 Å². The van der Waals surface area contributed by atoms with Gasteiger partial charge in [-0.15, -0.1) is 5.10 Å². The summed E-state index contributed by atoms with van der Waals surface area (Å²) in [5.74, 6) is 0.814. The van der Waals surface area contributed by atoms with Crippen LogP contribution in [0.3, 0.4) is 0 Å². The zero-order valence-corrected chi connectivity index (χ0v) is 15.8. The highest BCUT2D eigenvalue weighted by Crippen LogP contribution is 2.25. The Kier molecular flexibility index (Phi) is 5.36. The summed E-state index contributed by atoms with van der Waals surface area (Å²) in [6.45, 7) is 2.46. The molecule has 1 aliphatic rings. The number of nitrogens with zero attached hydrogens (tertiary/aromatic N) is 4. The average molecular weight is 380 g/mol. The monoisotopic (exact) mass is 380 g/mol. The Labute approximate surface area is 163 Å². The van der Waals surface area contributed by atoms with Crippen LogP contribution < -0.4 is 10.6 Å². The lowest BCUT2D eigenvalue weighted by molar-refractivity contribution is 0.0736. The molecule has 0 radical (unpaired) electrons. The van der Waals surface area contributed by atoms with Crippen LogP contribution >= 0.6 is 0 Å². The SMILES string of the molecule is CCNC(=O)OC1CCC(Nc2ccc3ncc(-c4ccncc4)n3n2)CC1. The smallest absolute Gasteiger partial charge is 0.407 e. The maximum atomic E-state index is 11.6. The molecule has 0 aromatic carbocycles. The third kappa shape index (κ3) is 4.05. The number of fused-ring (bicyclic) bond motifs is 1. The number of ether oxygens (including phenoxy) is 1. The van der Waals surface area contributed by atoms with Gasteiger partial charge in [-0.05, 0) is 56.9 Å². The van der Waals surface area contributed by atoms with Crippen molar-refractivity contribution in [1.82, 2.24) is 24.9 Å². The summed E-state index contributed by atoms with van der Waals surface area (Å²) in [6.07, 6.45) is 8.59. The number of hydrogen-bond acceptors (Lipinski definition) is 6. The van der Waals surface area contributed by atoms with E-state index in [1.807, 2.05) is 41.9 Å². The number of hydrogen-bond donors (Lipinski definition) is 2. The highest BCUT2D eigenvalue weighted by atomic mass is 16.6. The van der Waals surface area contributed by atoms with Crippen LogP contribution in [0.2, 0.25) is 0 Å². The normalized spacial score (nSPS) is 19.3. The Balaban J connectivity index is 1.41. The molecular formula is C20H24N6O2. The summed E-state index contributed by atoms with van der Waals surface area (Å²) < 4.78 is 7.28. The van der Waals surface area contributed by atoms with Crippen molar-refractivity contribution in [2.24, 2.45) is 0 Å². The molecule has 0 aliphatic heterocycles. The van der Waals surface area contributed by atoms with Crippen LogP contribution in [0.5, 0.6) is 0 Å². The van der Waals surface area contributed by atoms with Gasteiger partial charge < -0.3 is 15.4 Å². The summed E-state index contributed by atoms with van der Waals surface area (Å²) in [6, 6.07) is 8.12. The van der Waals surface area contributed by atoms with Gasteiger partial charge in [-0.3, -0.25) is 4.98 Å². The first-order valence-corrected chi connectivity index (χ1v) is 9.69. The van der Waals surface area contributed by atoms with Crippen molar-refractivity contribution in [2.75, 3.05) is 11.9 Å². The van der Waals surface area contributed by atoms with E-state index in [9.17, 15) is 4.79 Å². The first kappa shape index (κ1) is 18.2. The zero-order chi connectivity index (χ0) is 19.3. The molecule has 2 N–H and O–H groups in total. The Hall–Kier alpha value is -3.16. The minimum absolute atomic E-state index is 0.00743. The van der Waals surface area contributed by atoms with Crippen LogP contribution in [0.1, 0.15) is 32.6 Å². The minimum atomic E-state index is -0.324. The number of imidazole rings is 1. The van der Waals surface area contributed by atoms with Gasteiger partial charge in [0.25, 0.3) is 0 Å². The second-order valence-electron chi connectivity index (χ2n) is 6.92. The molecule has 3 heterocycles. The highest BCUT2D eigenvalue weighted by molar-refractivity contribution is 5.67. The zero-order valence-electron chi connectivity index (χ0n) is 15.8. The average Bonchev–Trinajstić information content (AvgIpc) is 3.14. The van der Waals surface area contributed by atoms with E-state index >= 15 is 0 Å². The first-order valence-electron chi connectivity index (χ1n) is 9.69. The number of pyridine rings is 1. The van der Waals surface area contributed by atoms with Gasteiger partial charge in [-0.1, -0.05) is 0 Å². The van der Waals surface area contributed by atoms with Crippen LogP contribution in [0.15, 0.2) is 42.9 Å². The lowest BCUT2D eigenvalue weighted by Gasteiger charge is -2.29. The first-order chi connectivity index (χ1) is 13.7. The number of carbonyl (C=O) groups is 1. The van der Waals surface area contributed by atoms with E-state index in [0.717, 1.165) is 48.4 Å². The standard InChI is InChI=1S/C20H24N6O2/c1-2-22-20(27)28-16-5-3-15(4-6-16)24-18-7-8-19-23-13-17(26(19)25-18)14-9-11-21-12-10-14/h7-13,15-16H,2-6H2,1H3,(H,22,27)(H,24,25). The molecule has 8 heteroatoms. The Morgan fingerprint density at radius 1 is 1.18 bits per heavy atom. The predicted octanol–water partition coefficient (Wildman–Crippen LogP) is 3.26. The summed E-state index contributed by atoms with van der Waals surface area (Å²) in [5, 5.41) is 10.9. The molecule has 0 atom stereocenters. The van der Waals surface area contributed by atoms with Crippen LogP contribution in [-0.4, -0.2) is 44.4 Å². The van der Waals surface area contributed by atoms with Crippen LogP contribution in [0, 0.1) is 0 Å². The second kappa shape index (κ2) is 8.24. The van der Waals surface area contributed by atoms with Crippen molar-refractivity contribution in [2.45, 2.75) is 44.8 Å². The number of alkyl carbamates (subject to hydrolysis) is 1. The Morgan fingerprint density at radius 2 is 1.96 bits per heavy atom. The van der Waals surface area contributed by atoms with Crippen molar-refractivity contribution in [3.05, 3.63) is 42.9 Å². The third-order valence-electron chi connectivity index (χ3n) is 4.96. The lowest BCUT2D eigenvalue weighted by Crippen LogP contribution is -2.34. The molecule has 1 amide bonds. The lowest BCUT2D eigenvalue weighted by atomic mass is 9.93. The van der Waals surface area contributed by atoms with Gasteiger partial charge in [0.15, 0.2) is 5.65 Å². The fourth-order valence-electron chi connectivity index (χ4n) is 3.54. The van der Waals surface area contributed by atoms with Crippen molar-refractivity contribution >= 4 is 17.6 Å². The molecule has 3 aromatic rings. The van der Waals surface area contributed by atoms with Crippen LogP contribution in [0.4, 0.5) is 10.6 Å². The molecule has 28 heavy (non-hydrogen) atoms. The maximum Gasteiger partial charge on any atom is 0.407 e. The van der Waals surface area contributed by atoms with E-state index in [-0.39, 0.29) is 12.2 Å². The van der Waals surface area contributed by atoms with E-state index in [0.29, 0.717) is 12.6 Å². The summed E-state index contributed by atoms with van der Waals surface area (Å²) in [7, 11) is 0. The molecular weight excluding hydrogens is 356 g/mol.